The molecular formula is C18H27ClN4S2. The fourth-order valence-electron chi connectivity index (χ4n) is 4.05. The van der Waals surface area contributed by atoms with E-state index < -0.39 is 0 Å². The van der Waals surface area contributed by atoms with Crippen LogP contribution >= 0.6 is 35.1 Å². The molecule has 7 heteroatoms. The van der Waals surface area contributed by atoms with Gasteiger partial charge >= 0.3 is 0 Å². The fourth-order valence-corrected chi connectivity index (χ4v) is 5.55. The van der Waals surface area contributed by atoms with Crippen LogP contribution in [0.5, 0.6) is 0 Å². The zero-order valence-electron chi connectivity index (χ0n) is 14.7. The van der Waals surface area contributed by atoms with E-state index in [2.05, 4.69) is 32.9 Å². The highest BCUT2D eigenvalue weighted by molar-refractivity contribution is 7.09. The van der Waals surface area contributed by atoms with Gasteiger partial charge in [0.05, 0.1) is 18.8 Å². The number of hydrogen-bond acceptors (Lipinski definition) is 6. The Hall–Kier alpha value is -0.530. The first-order chi connectivity index (χ1) is 11.8. The Kier molecular flexibility index (Phi) is 6.49. The molecule has 1 unspecified atom stereocenters. The summed E-state index contributed by atoms with van der Waals surface area (Å²) in [5, 5.41) is 10.3. The van der Waals surface area contributed by atoms with Crippen LogP contribution in [0.3, 0.4) is 0 Å². The van der Waals surface area contributed by atoms with Crippen molar-refractivity contribution in [2.45, 2.75) is 58.2 Å². The molecule has 1 spiro atoms. The molecule has 2 aromatic heterocycles. The molecule has 2 fully saturated rings. The van der Waals surface area contributed by atoms with E-state index in [1.807, 2.05) is 17.5 Å². The average molecular weight is 399 g/mol. The summed E-state index contributed by atoms with van der Waals surface area (Å²) in [6.45, 7) is 6.53. The summed E-state index contributed by atoms with van der Waals surface area (Å²) in [5.74, 6) is 0. The number of nitrogens with one attached hydrogen (secondary N) is 1. The Bertz CT molecular complexity index is 652. The number of rotatable bonds is 7. The number of nitrogens with zero attached hydrogens (tertiary/aromatic N) is 3. The van der Waals surface area contributed by atoms with E-state index in [4.69, 9.17) is 4.98 Å². The summed E-state index contributed by atoms with van der Waals surface area (Å²) in [5.41, 5.74) is 1.82. The average Bonchev–Trinajstić information content (AvgIpc) is 2.98. The second-order valence-corrected chi connectivity index (χ2v) is 9.07. The van der Waals surface area contributed by atoms with Gasteiger partial charge in [0.2, 0.25) is 0 Å². The lowest BCUT2D eigenvalue weighted by Crippen LogP contribution is -2.35. The second-order valence-electron chi connectivity index (χ2n) is 7.15. The molecular weight excluding hydrogens is 372 g/mol. The van der Waals surface area contributed by atoms with Crippen molar-refractivity contribution >= 4 is 35.1 Å². The van der Waals surface area contributed by atoms with Crippen molar-refractivity contribution in [1.29, 1.82) is 0 Å². The lowest BCUT2D eigenvalue weighted by molar-refractivity contribution is 0.187. The number of hydrogen-bond donors (Lipinski definition) is 1. The SMILES string of the molecule is CCCc1csc(CN(Cc2nccs2)C2CC23CCNCC3)n1.Cl. The van der Waals surface area contributed by atoms with E-state index in [1.54, 1.807) is 11.3 Å². The van der Waals surface area contributed by atoms with Crippen LogP contribution in [0.1, 0.15) is 48.3 Å². The quantitative estimate of drug-likeness (QED) is 0.761. The minimum atomic E-state index is 0. The Morgan fingerprint density at radius 2 is 2.04 bits per heavy atom. The first-order valence-electron chi connectivity index (χ1n) is 9.05. The van der Waals surface area contributed by atoms with Crippen molar-refractivity contribution in [3.63, 3.8) is 0 Å². The Balaban J connectivity index is 0.00000182. The highest BCUT2D eigenvalue weighted by Crippen LogP contribution is 2.56. The van der Waals surface area contributed by atoms with Gasteiger partial charge in [-0.3, -0.25) is 4.90 Å². The number of aryl methyl sites for hydroxylation is 1. The van der Waals surface area contributed by atoms with Gasteiger partial charge in [-0.15, -0.1) is 35.1 Å². The maximum absolute atomic E-state index is 4.86. The van der Waals surface area contributed by atoms with Gasteiger partial charge < -0.3 is 5.32 Å². The molecule has 1 N–H and O–H groups in total. The van der Waals surface area contributed by atoms with E-state index in [-0.39, 0.29) is 12.4 Å². The third kappa shape index (κ3) is 4.42. The molecule has 2 aliphatic rings. The van der Waals surface area contributed by atoms with Gasteiger partial charge in [0.15, 0.2) is 0 Å². The van der Waals surface area contributed by atoms with Crippen molar-refractivity contribution in [3.8, 4) is 0 Å². The van der Waals surface area contributed by atoms with Gasteiger partial charge in [0, 0.05) is 23.0 Å². The molecule has 1 atom stereocenters. The monoisotopic (exact) mass is 398 g/mol. The second kappa shape index (κ2) is 8.44. The summed E-state index contributed by atoms with van der Waals surface area (Å²) in [6, 6.07) is 0.710. The van der Waals surface area contributed by atoms with Gasteiger partial charge in [0.25, 0.3) is 0 Å². The summed E-state index contributed by atoms with van der Waals surface area (Å²) in [4.78, 5) is 12.0. The smallest absolute Gasteiger partial charge is 0.107 e. The van der Waals surface area contributed by atoms with Gasteiger partial charge in [-0.2, -0.15) is 0 Å². The van der Waals surface area contributed by atoms with Crippen molar-refractivity contribution in [2.75, 3.05) is 13.1 Å². The van der Waals surface area contributed by atoms with Gasteiger partial charge in [-0.25, -0.2) is 9.97 Å². The van der Waals surface area contributed by atoms with Crippen LogP contribution in [-0.2, 0) is 19.5 Å². The lowest BCUT2D eigenvalue weighted by Gasteiger charge is -2.28. The molecule has 0 amide bonds. The first kappa shape index (κ1) is 19.2. The molecule has 0 aromatic carbocycles. The Morgan fingerprint density at radius 3 is 2.76 bits per heavy atom. The highest BCUT2D eigenvalue weighted by Gasteiger charge is 2.56. The lowest BCUT2D eigenvalue weighted by atomic mass is 9.93. The van der Waals surface area contributed by atoms with Crippen LogP contribution in [0, 0.1) is 5.41 Å². The third-order valence-corrected chi connectivity index (χ3v) is 7.10. The molecule has 1 aliphatic carbocycles. The van der Waals surface area contributed by atoms with Crippen LogP contribution < -0.4 is 5.32 Å². The van der Waals surface area contributed by atoms with Gasteiger partial charge in [0.1, 0.15) is 10.0 Å². The summed E-state index contributed by atoms with van der Waals surface area (Å²) in [7, 11) is 0. The number of halogens is 1. The molecule has 1 aliphatic heterocycles. The third-order valence-electron chi connectivity index (χ3n) is 5.45. The van der Waals surface area contributed by atoms with Gasteiger partial charge in [-0.1, -0.05) is 13.3 Å². The summed E-state index contributed by atoms with van der Waals surface area (Å²) >= 11 is 3.60. The maximum Gasteiger partial charge on any atom is 0.107 e. The molecule has 1 saturated heterocycles. The number of aromatic nitrogens is 2. The molecule has 138 valence electrons. The minimum Gasteiger partial charge on any atom is -0.317 e. The normalized spacial score (nSPS) is 21.4. The Labute approximate surface area is 164 Å². The summed E-state index contributed by atoms with van der Waals surface area (Å²) < 4.78 is 0. The number of piperidine rings is 1. The summed E-state index contributed by atoms with van der Waals surface area (Å²) in [6.07, 6.45) is 8.20. The van der Waals surface area contributed by atoms with Crippen molar-refractivity contribution < 1.29 is 0 Å². The van der Waals surface area contributed by atoms with Crippen molar-refractivity contribution in [3.05, 3.63) is 32.7 Å². The maximum atomic E-state index is 4.86. The molecule has 25 heavy (non-hydrogen) atoms. The Morgan fingerprint density at radius 1 is 1.24 bits per heavy atom. The van der Waals surface area contributed by atoms with E-state index in [0.717, 1.165) is 19.5 Å². The van der Waals surface area contributed by atoms with E-state index in [0.29, 0.717) is 11.5 Å². The largest absolute Gasteiger partial charge is 0.317 e. The van der Waals surface area contributed by atoms with Crippen LogP contribution in [-0.4, -0.2) is 34.0 Å². The van der Waals surface area contributed by atoms with E-state index in [9.17, 15) is 0 Å². The predicted octanol–water partition coefficient (Wildman–Crippen LogP) is 4.12. The van der Waals surface area contributed by atoms with Crippen LogP contribution in [0.4, 0.5) is 0 Å². The van der Waals surface area contributed by atoms with Crippen LogP contribution in [0.2, 0.25) is 0 Å². The fraction of sp³-hybridized carbons (Fsp3) is 0.667. The zero-order valence-corrected chi connectivity index (χ0v) is 17.2. The zero-order chi connectivity index (χ0) is 16.4. The molecule has 1 saturated carbocycles. The van der Waals surface area contributed by atoms with E-state index >= 15 is 0 Å². The predicted molar refractivity (Wildman–Crippen MR) is 108 cm³/mol. The topological polar surface area (TPSA) is 41.1 Å². The highest BCUT2D eigenvalue weighted by atomic mass is 35.5. The minimum absolute atomic E-state index is 0. The molecule has 3 heterocycles. The molecule has 4 rings (SSSR count). The number of thiazole rings is 2. The molecule has 2 aromatic rings. The van der Waals surface area contributed by atoms with E-state index in [1.165, 1.54) is 54.5 Å². The van der Waals surface area contributed by atoms with Crippen LogP contribution in [0.25, 0.3) is 0 Å². The standard InChI is InChI=1S/C18H26N4S2.ClH/c1-2-3-14-13-24-17(21-14)12-22(11-16-20-8-9-23-16)15-10-18(15)4-6-19-7-5-18;/h8-9,13,15,19H,2-7,10-12H2,1H3;1H. The molecule has 4 nitrogen and oxygen atoms in total. The van der Waals surface area contributed by atoms with Crippen molar-refractivity contribution in [2.24, 2.45) is 5.41 Å². The van der Waals surface area contributed by atoms with Crippen LogP contribution in [0.15, 0.2) is 17.0 Å². The molecule has 0 radical (unpaired) electrons. The first-order valence-corrected chi connectivity index (χ1v) is 10.8. The van der Waals surface area contributed by atoms with Crippen molar-refractivity contribution in [1.82, 2.24) is 20.2 Å². The molecule has 0 bridgehead atoms. The van der Waals surface area contributed by atoms with Gasteiger partial charge in [-0.05, 0) is 44.2 Å².